The van der Waals surface area contributed by atoms with E-state index >= 15 is 0 Å². The molecular weight excluding hydrogens is 330 g/mol. The van der Waals surface area contributed by atoms with Crippen molar-refractivity contribution < 1.29 is 9.90 Å². The number of aromatic nitrogens is 2. The largest absolute Gasteiger partial charge is 0.506 e. The first kappa shape index (κ1) is 17.7. The number of para-hydroxylation sites is 1. The Morgan fingerprint density at radius 1 is 1.27 bits per heavy atom. The van der Waals surface area contributed by atoms with E-state index in [0.29, 0.717) is 23.3 Å². The molecule has 1 amide bonds. The summed E-state index contributed by atoms with van der Waals surface area (Å²) in [4.78, 5) is 29.7. The number of nitrogens with one attached hydrogen (secondary N) is 1. The molecule has 134 valence electrons. The molecule has 0 fully saturated rings. The Balaban J connectivity index is 2.12. The number of unbranched alkanes of at least 4 members (excludes halogenated alkanes) is 1. The third-order valence-corrected chi connectivity index (χ3v) is 4.27. The predicted molar refractivity (Wildman–Crippen MR) is 102 cm³/mol. The van der Waals surface area contributed by atoms with Crippen LogP contribution < -0.4 is 10.9 Å². The van der Waals surface area contributed by atoms with Crippen molar-refractivity contribution in [2.24, 2.45) is 0 Å². The van der Waals surface area contributed by atoms with E-state index in [0.717, 1.165) is 18.4 Å². The van der Waals surface area contributed by atoms with Crippen LogP contribution in [0.25, 0.3) is 10.9 Å². The van der Waals surface area contributed by atoms with Crippen molar-refractivity contribution in [3.05, 3.63) is 64.1 Å². The lowest BCUT2D eigenvalue weighted by Crippen LogP contribution is -2.30. The zero-order valence-electron chi connectivity index (χ0n) is 14.8. The van der Waals surface area contributed by atoms with E-state index in [4.69, 9.17) is 0 Å². The number of benzene rings is 1. The fourth-order valence-electron chi connectivity index (χ4n) is 2.92. The summed E-state index contributed by atoms with van der Waals surface area (Å²) in [6, 6.07) is 10.6. The highest BCUT2D eigenvalue weighted by Crippen LogP contribution is 2.27. The number of fused-ring (bicyclic) bond motifs is 1. The first-order valence-electron chi connectivity index (χ1n) is 8.61. The molecule has 3 aromatic rings. The van der Waals surface area contributed by atoms with E-state index < -0.39 is 11.5 Å². The molecule has 6 heteroatoms. The van der Waals surface area contributed by atoms with Crippen molar-refractivity contribution in [3.8, 4) is 5.75 Å². The second kappa shape index (κ2) is 7.39. The molecule has 2 aromatic heterocycles. The second-order valence-corrected chi connectivity index (χ2v) is 6.22. The topological polar surface area (TPSA) is 84.2 Å². The molecule has 2 heterocycles. The summed E-state index contributed by atoms with van der Waals surface area (Å²) in [5.74, 6) is -0.632. The zero-order chi connectivity index (χ0) is 18.7. The number of aromatic hydroxyl groups is 1. The second-order valence-electron chi connectivity index (χ2n) is 6.22. The fourth-order valence-corrected chi connectivity index (χ4v) is 2.92. The van der Waals surface area contributed by atoms with Crippen LogP contribution in [0, 0.1) is 6.92 Å². The molecule has 6 nitrogen and oxygen atoms in total. The minimum absolute atomic E-state index is 0.261. The average Bonchev–Trinajstić information content (AvgIpc) is 2.62. The Bertz CT molecular complexity index is 1020. The number of hydrogen-bond donors (Lipinski definition) is 2. The van der Waals surface area contributed by atoms with Gasteiger partial charge in [-0.25, -0.2) is 4.98 Å². The van der Waals surface area contributed by atoms with Gasteiger partial charge in [-0.2, -0.15) is 0 Å². The van der Waals surface area contributed by atoms with Gasteiger partial charge >= 0.3 is 0 Å². The normalized spacial score (nSPS) is 10.8. The van der Waals surface area contributed by atoms with Gasteiger partial charge in [0.2, 0.25) is 0 Å². The number of hydrogen-bond acceptors (Lipinski definition) is 4. The molecule has 0 bridgehead atoms. The summed E-state index contributed by atoms with van der Waals surface area (Å²) in [7, 11) is 0. The maximum Gasteiger partial charge on any atom is 0.267 e. The van der Waals surface area contributed by atoms with Gasteiger partial charge in [0.1, 0.15) is 17.1 Å². The molecule has 0 aliphatic rings. The van der Waals surface area contributed by atoms with Crippen molar-refractivity contribution in [2.45, 2.75) is 33.2 Å². The third kappa shape index (κ3) is 3.31. The number of carbonyl (C=O) groups is 1. The van der Waals surface area contributed by atoms with Gasteiger partial charge < -0.3 is 15.0 Å². The van der Waals surface area contributed by atoms with Crippen LogP contribution in [0.3, 0.4) is 0 Å². The standard InChI is InChI=1S/C20H21N3O3/c1-3-4-11-23-15-8-6-5-7-14(15)18(24)17(20(23)26)19(25)22-16-12-13(2)9-10-21-16/h5-10,12,24H,3-4,11H2,1-2H3,(H,21,22,25). The predicted octanol–water partition coefficient (Wildman–Crippen LogP) is 3.46. The van der Waals surface area contributed by atoms with E-state index in [-0.39, 0.29) is 11.3 Å². The van der Waals surface area contributed by atoms with Crippen molar-refractivity contribution in [1.29, 1.82) is 0 Å². The summed E-state index contributed by atoms with van der Waals surface area (Å²) in [6.07, 6.45) is 3.29. The summed E-state index contributed by atoms with van der Waals surface area (Å²) < 4.78 is 1.55. The third-order valence-electron chi connectivity index (χ3n) is 4.27. The molecule has 0 saturated heterocycles. The highest BCUT2D eigenvalue weighted by atomic mass is 16.3. The highest BCUT2D eigenvalue weighted by molar-refractivity contribution is 6.08. The van der Waals surface area contributed by atoms with Gasteiger partial charge in [-0.3, -0.25) is 9.59 Å². The lowest BCUT2D eigenvalue weighted by Gasteiger charge is -2.14. The maximum atomic E-state index is 12.9. The van der Waals surface area contributed by atoms with Gasteiger partial charge in [0, 0.05) is 18.1 Å². The molecule has 0 aliphatic heterocycles. The van der Waals surface area contributed by atoms with Crippen LogP contribution in [-0.4, -0.2) is 20.6 Å². The van der Waals surface area contributed by atoms with Crippen molar-refractivity contribution in [3.63, 3.8) is 0 Å². The number of anilines is 1. The number of nitrogens with zero attached hydrogens (tertiary/aromatic N) is 2. The SMILES string of the molecule is CCCCn1c(=O)c(C(=O)Nc2cc(C)ccn2)c(O)c2ccccc21. The van der Waals surface area contributed by atoms with Crippen LogP contribution in [0.2, 0.25) is 0 Å². The maximum absolute atomic E-state index is 12.9. The first-order chi connectivity index (χ1) is 12.5. The fraction of sp³-hybridized carbons (Fsp3) is 0.250. The lowest BCUT2D eigenvalue weighted by molar-refractivity contribution is 0.102. The molecule has 0 atom stereocenters. The summed E-state index contributed by atoms with van der Waals surface area (Å²) in [5, 5.41) is 13.7. The van der Waals surface area contributed by atoms with Gasteiger partial charge in [0.15, 0.2) is 0 Å². The molecule has 2 N–H and O–H groups in total. The zero-order valence-corrected chi connectivity index (χ0v) is 14.8. The van der Waals surface area contributed by atoms with Crippen LogP contribution in [0.5, 0.6) is 5.75 Å². The van der Waals surface area contributed by atoms with Crippen LogP contribution in [-0.2, 0) is 6.54 Å². The molecule has 0 saturated carbocycles. The molecule has 0 aliphatic carbocycles. The first-order valence-corrected chi connectivity index (χ1v) is 8.61. The van der Waals surface area contributed by atoms with E-state index in [2.05, 4.69) is 10.3 Å². The number of rotatable bonds is 5. The molecule has 1 aromatic carbocycles. The van der Waals surface area contributed by atoms with Crippen LogP contribution in [0.1, 0.15) is 35.7 Å². The molecule has 0 radical (unpaired) electrons. The number of aryl methyl sites for hydroxylation is 2. The van der Waals surface area contributed by atoms with Crippen LogP contribution in [0.4, 0.5) is 5.82 Å². The Labute approximate surface area is 151 Å². The Morgan fingerprint density at radius 3 is 2.77 bits per heavy atom. The monoisotopic (exact) mass is 351 g/mol. The Kier molecular flexibility index (Phi) is 5.02. The van der Waals surface area contributed by atoms with Crippen LogP contribution in [0.15, 0.2) is 47.4 Å². The Morgan fingerprint density at radius 2 is 2.04 bits per heavy atom. The van der Waals surface area contributed by atoms with Gasteiger partial charge in [0.25, 0.3) is 11.5 Å². The van der Waals surface area contributed by atoms with Crippen molar-refractivity contribution >= 4 is 22.6 Å². The quantitative estimate of drug-likeness (QED) is 0.737. The number of carbonyl (C=O) groups excluding carboxylic acids is 1. The summed E-state index contributed by atoms with van der Waals surface area (Å²) in [6.45, 7) is 4.40. The minimum Gasteiger partial charge on any atom is -0.506 e. The highest BCUT2D eigenvalue weighted by Gasteiger charge is 2.22. The van der Waals surface area contributed by atoms with E-state index in [1.807, 2.05) is 13.8 Å². The molecular formula is C20H21N3O3. The lowest BCUT2D eigenvalue weighted by atomic mass is 10.1. The van der Waals surface area contributed by atoms with Crippen molar-refractivity contribution in [1.82, 2.24) is 9.55 Å². The molecule has 26 heavy (non-hydrogen) atoms. The summed E-state index contributed by atoms with van der Waals surface area (Å²) in [5.41, 5.74) is 0.787. The number of amides is 1. The van der Waals surface area contributed by atoms with Gasteiger partial charge in [-0.05, 0) is 43.2 Å². The summed E-state index contributed by atoms with van der Waals surface area (Å²) >= 11 is 0. The average molecular weight is 351 g/mol. The van der Waals surface area contributed by atoms with E-state index in [1.54, 1.807) is 47.2 Å². The molecule has 0 unspecified atom stereocenters. The van der Waals surface area contributed by atoms with Gasteiger partial charge in [-0.1, -0.05) is 25.5 Å². The van der Waals surface area contributed by atoms with E-state index in [1.165, 1.54) is 0 Å². The smallest absolute Gasteiger partial charge is 0.267 e. The molecule has 0 spiro atoms. The van der Waals surface area contributed by atoms with Crippen LogP contribution >= 0.6 is 0 Å². The number of pyridine rings is 2. The minimum atomic E-state index is -0.665. The van der Waals surface area contributed by atoms with E-state index in [9.17, 15) is 14.7 Å². The Hall–Kier alpha value is -3.15. The van der Waals surface area contributed by atoms with Gasteiger partial charge in [-0.15, -0.1) is 0 Å². The van der Waals surface area contributed by atoms with Crippen molar-refractivity contribution in [2.75, 3.05) is 5.32 Å². The van der Waals surface area contributed by atoms with Gasteiger partial charge in [0.05, 0.1) is 5.52 Å². The molecule has 3 rings (SSSR count).